The molecule has 0 radical (unpaired) electrons. The van der Waals surface area contributed by atoms with Crippen LogP contribution in [0.3, 0.4) is 0 Å². The number of nitrogens with one attached hydrogen (secondary N) is 1. The summed E-state index contributed by atoms with van der Waals surface area (Å²) in [7, 11) is 0. The molecule has 0 bridgehead atoms. The van der Waals surface area contributed by atoms with Gasteiger partial charge in [-0.3, -0.25) is 4.90 Å². The normalized spacial score (nSPS) is 33.5. The van der Waals surface area contributed by atoms with Crippen LogP contribution in [0.15, 0.2) is 0 Å². The summed E-state index contributed by atoms with van der Waals surface area (Å²) in [5, 5.41) is 2.90. The Kier molecular flexibility index (Phi) is 2.63. The van der Waals surface area contributed by atoms with Gasteiger partial charge in [0.25, 0.3) is 0 Å². The average molecular weight is 198 g/mol. The second-order valence-corrected chi connectivity index (χ2v) is 4.49. The van der Waals surface area contributed by atoms with Gasteiger partial charge in [-0.25, -0.2) is 4.79 Å². The van der Waals surface area contributed by atoms with Gasteiger partial charge < -0.3 is 10.1 Å². The van der Waals surface area contributed by atoms with E-state index in [0.717, 1.165) is 19.5 Å². The van der Waals surface area contributed by atoms with E-state index in [1.54, 1.807) is 0 Å². The standard InChI is InChI=1S/C10H18N2O2/c1-7(2)12-4-3-8-6-14-10(13)11-9(8)5-12/h7-9H,3-6H2,1-2H3,(H,11,13)/t8-,9+/m0/s1. The number of likely N-dealkylation sites (tertiary alicyclic amines) is 1. The SMILES string of the molecule is CC(C)N1CC[C@H]2COC(=O)N[C@@H]2C1. The number of hydrogen-bond donors (Lipinski definition) is 1. The van der Waals surface area contributed by atoms with Gasteiger partial charge in [0.15, 0.2) is 0 Å². The number of amides is 1. The maximum atomic E-state index is 11.0. The van der Waals surface area contributed by atoms with Gasteiger partial charge in [-0.15, -0.1) is 0 Å². The molecular weight excluding hydrogens is 180 g/mol. The Hall–Kier alpha value is -0.770. The minimum Gasteiger partial charge on any atom is -0.449 e. The van der Waals surface area contributed by atoms with Crippen molar-refractivity contribution in [1.29, 1.82) is 0 Å². The molecule has 2 aliphatic heterocycles. The molecule has 0 aliphatic carbocycles. The zero-order valence-corrected chi connectivity index (χ0v) is 8.82. The number of cyclic esters (lactones) is 1. The summed E-state index contributed by atoms with van der Waals surface area (Å²) >= 11 is 0. The zero-order chi connectivity index (χ0) is 10.1. The molecular formula is C10H18N2O2. The maximum Gasteiger partial charge on any atom is 0.407 e. The molecule has 4 nitrogen and oxygen atoms in total. The lowest BCUT2D eigenvalue weighted by Gasteiger charge is -2.42. The van der Waals surface area contributed by atoms with Crippen molar-refractivity contribution in [3.63, 3.8) is 0 Å². The van der Waals surface area contributed by atoms with Gasteiger partial charge in [0.2, 0.25) is 0 Å². The van der Waals surface area contributed by atoms with Crippen LogP contribution in [0.5, 0.6) is 0 Å². The van der Waals surface area contributed by atoms with Crippen molar-refractivity contribution in [2.45, 2.75) is 32.4 Å². The molecule has 14 heavy (non-hydrogen) atoms. The van der Waals surface area contributed by atoms with Crippen molar-refractivity contribution in [2.75, 3.05) is 19.7 Å². The lowest BCUT2D eigenvalue weighted by molar-refractivity contribution is 0.0313. The van der Waals surface area contributed by atoms with E-state index in [-0.39, 0.29) is 6.09 Å². The van der Waals surface area contributed by atoms with Crippen molar-refractivity contribution < 1.29 is 9.53 Å². The summed E-state index contributed by atoms with van der Waals surface area (Å²) in [4.78, 5) is 13.5. The number of carbonyl (C=O) groups excluding carboxylic acids is 1. The fraction of sp³-hybridized carbons (Fsp3) is 0.900. The first kappa shape index (κ1) is 9.77. The highest BCUT2D eigenvalue weighted by Crippen LogP contribution is 2.22. The predicted octanol–water partition coefficient (Wildman–Crippen LogP) is 0.825. The van der Waals surface area contributed by atoms with E-state index in [4.69, 9.17) is 4.74 Å². The minimum absolute atomic E-state index is 0.253. The second-order valence-electron chi connectivity index (χ2n) is 4.49. The second kappa shape index (κ2) is 3.77. The van der Waals surface area contributed by atoms with Crippen molar-refractivity contribution >= 4 is 6.09 Å². The van der Waals surface area contributed by atoms with Gasteiger partial charge in [-0.1, -0.05) is 0 Å². The molecule has 80 valence electrons. The fourth-order valence-corrected chi connectivity index (χ4v) is 2.23. The lowest BCUT2D eigenvalue weighted by Crippen LogP contribution is -2.58. The largest absolute Gasteiger partial charge is 0.449 e. The predicted molar refractivity (Wildman–Crippen MR) is 53.1 cm³/mol. The third-order valence-electron chi connectivity index (χ3n) is 3.25. The number of hydrogen-bond acceptors (Lipinski definition) is 3. The number of ether oxygens (including phenoxy) is 1. The van der Waals surface area contributed by atoms with Crippen LogP contribution in [0.4, 0.5) is 4.79 Å². The molecule has 2 rings (SSSR count). The van der Waals surface area contributed by atoms with Gasteiger partial charge in [-0.05, 0) is 26.8 Å². The first-order valence-corrected chi connectivity index (χ1v) is 5.34. The van der Waals surface area contributed by atoms with Gasteiger partial charge in [0, 0.05) is 18.5 Å². The number of nitrogens with zero attached hydrogens (tertiary/aromatic N) is 1. The molecule has 0 spiro atoms. The number of rotatable bonds is 1. The monoisotopic (exact) mass is 198 g/mol. The Balaban J connectivity index is 1.96. The average Bonchev–Trinajstić information content (AvgIpc) is 2.16. The smallest absolute Gasteiger partial charge is 0.407 e. The summed E-state index contributed by atoms with van der Waals surface area (Å²) in [6.45, 7) is 7.08. The van der Waals surface area contributed by atoms with Gasteiger partial charge in [0.1, 0.15) is 0 Å². The highest BCUT2D eigenvalue weighted by Gasteiger charge is 2.35. The number of alkyl carbamates (subject to hydrolysis) is 1. The van der Waals surface area contributed by atoms with Crippen LogP contribution in [0.1, 0.15) is 20.3 Å². The summed E-state index contributed by atoms with van der Waals surface area (Å²) in [5.41, 5.74) is 0. The molecule has 2 aliphatic rings. The van der Waals surface area contributed by atoms with Gasteiger partial charge in [-0.2, -0.15) is 0 Å². The Bertz CT molecular complexity index is 230. The zero-order valence-electron chi connectivity index (χ0n) is 8.82. The lowest BCUT2D eigenvalue weighted by atomic mass is 9.91. The highest BCUT2D eigenvalue weighted by atomic mass is 16.6. The summed E-state index contributed by atoms with van der Waals surface area (Å²) in [6.07, 6.45) is 0.875. The Morgan fingerprint density at radius 3 is 3.07 bits per heavy atom. The van der Waals surface area contributed by atoms with E-state index in [2.05, 4.69) is 24.1 Å². The van der Waals surface area contributed by atoms with Gasteiger partial charge in [0.05, 0.1) is 12.6 Å². The van der Waals surface area contributed by atoms with Crippen molar-refractivity contribution in [3.8, 4) is 0 Å². The molecule has 0 unspecified atom stereocenters. The number of piperidine rings is 1. The molecule has 2 heterocycles. The van der Waals surface area contributed by atoms with Crippen molar-refractivity contribution in [3.05, 3.63) is 0 Å². The fourth-order valence-electron chi connectivity index (χ4n) is 2.23. The Labute approximate surface area is 84.6 Å². The third kappa shape index (κ3) is 1.85. The van der Waals surface area contributed by atoms with E-state index in [1.165, 1.54) is 0 Å². The first-order chi connectivity index (χ1) is 6.66. The minimum atomic E-state index is -0.253. The molecule has 0 aromatic rings. The molecule has 0 aromatic carbocycles. The van der Waals surface area contributed by atoms with E-state index in [9.17, 15) is 4.79 Å². The summed E-state index contributed by atoms with van der Waals surface area (Å²) in [5.74, 6) is 0.516. The third-order valence-corrected chi connectivity index (χ3v) is 3.25. The van der Waals surface area contributed by atoms with Crippen LogP contribution in [-0.2, 0) is 4.74 Å². The molecule has 0 aromatic heterocycles. The van der Waals surface area contributed by atoms with Crippen LogP contribution in [0.25, 0.3) is 0 Å². The molecule has 0 saturated carbocycles. The van der Waals surface area contributed by atoms with Crippen LogP contribution in [0.2, 0.25) is 0 Å². The Morgan fingerprint density at radius 2 is 2.36 bits per heavy atom. The molecule has 2 fully saturated rings. The highest BCUT2D eigenvalue weighted by molar-refractivity contribution is 5.68. The molecule has 1 N–H and O–H groups in total. The number of fused-ring (bicyclic) bond motifs is 1. The van der Waals surface area contributed by atoms with E-state index >= 15 is 0 Å². The quantitative estimate of drug-likeness (QED) is 0.678. The molecule has 1 amide bonds. The maximum absolute atomic E-state index is 11.0. The number of carbonyl (C=O) groups is 1. The van der Waals surface area contributed by atoms with Gasteiger partial charge >= 0.3 is 6.09 Å². The van der Waals surface area contributed by atoms with E-state index in [0.29, 0.717) is 24.6 Å². The first-order valence-electron chi connectivity index (χ1n) is 5.34. The molecule has 2 saturated heterocycles. The van der Waals surface area contributed by atoms with Crippen LogP contribution in [-0.4, -0.2) is 42.8 Å². The summed E-state index contributed by atoms with van der Waals surface area (Å²) in [6, 6.07) is 0.864. The van der Waals surface area contributed by atoms with Crippen LogP contribution < -0.4 is 5.32 Å². The van der Waals surface area contributed by atoms with E-state index in [1.807, 2.05) is 0 Å². The molecule has 2 atom stereocenters. The van der Waals surface area contributed by atoms with Crippen LogP contribution in [0, 0.1) is 5.92 Å². The Morgan fingerprint density at radius 1 is 1.57 bits per heavy atom. The van der Waals surface area contributed by atoms with Crippen LogP contribution >= 0.6 is 0 Å². The van der Waals surface area contributed by atoms with E-state index < -0.39 is 0 Å². The van der Waals surface area contributed by atoms with Crippen molar-refractivity contribution in [1.82, 2.24) is 10.2 Å². The topological polar surface area (TPSA) is 41.6 Å². The molecule has 4 heteroatoms. The van der Waals surface area contributed by atoms with Crippen molar-refractivity contribution in [2.24, 2.45) is 5.92 Å². The summed E-state index contributed by atoms with van der Waals surface area (Å²) < 4.78 is 4.97.